The number of aliphatic carboxylic acids is 1. The second kappa shape index (κ2) is 6.87. The third-order valence-corrected chi connectivity index (χ3v) is 4.39. The molecule has 2 aromatic heterocycles. The zero-order chi connectivity index (χ0) is 17.9. The second-order valence-corrected chi connectivity index (χ2v) is 7.71. The molecule has 0 bridgehead atoms. The van der Waals surface area contributed by atoms with E-state index in [0.29, 0.717) is 5.69 Å². The summed E-state index contributed by atoms with van der Waals surface area (Å²) in [7, 11) is -1.49. The largest absolute Gasteiger partial charge is 0.480 e. The Morgan fingerprint density at radius 3 is 2.71 bits per heavy atom. The highest BCUT2D eigenvalue weighted by atomic mass is 32.2. The van der Waals surface area contributed by atoms with Gasteiger partial charge in [-0.2, -0.15) is 5.10 Å². The molecule has 2 heterocycles. The lowest BCUT2D eigenvalue weighted by Crippen LogP contribution is -2.42. The Hall–Kier alpha value is -2.62. The van der Waals surface area contributed by atoms with Crippen LogP contribution in [0, 0.1) is 0 Å². The van der Waals surface area contributed by atoms with Crippen molar-refractivity contribution in [3.63, 3.8) is 0 Å². The molecule has 0 aliphatic carbocycles. The topological polar surface area (TPSA) is 134 Å². The molecule has 2 aromatic rings. The third kappa shape index (κ3) is 4.44. The van der Waals surface area contributed by atoms with Gasteiger partial charge in [0.15, 0.2) is 0 Å². The molecule has 0 spiro atoms. The van der Waals surface area contributed by atoms with Gasteiger partial charge in [0.1, 0.15) is 27.3 Å². The van der Waals surface area contributed by atoms with Crippen molar-refractivity contribution in [2.45, 2.75) is 12.5 Å². The predicted molar refractivity (Wildman–Crippen MR) is 86.2 cm³/mol. The van der Waals surface area contributed by atoms with E-state index >= 15 is 0 Å². The highest BCUT2D eigenvalue weighted by molar-refractivity contribution is 7.90. The summed E-state index contributed by atoms with van der Waals surface area (Å²) in [5, 5.41) is 18.0. The van der Waals surface area contributed by atoms with Crippen molar-refractivity contribution in [1.29, 1.82) is 0 Å². The molecule has 0 saturated carbocycles. The standard InChI is InChI=1S/C14H18N4O5S/c1-18-6-3-4-12(18)10-8-11(17-16-10)13(19)15-9(14(20)21)5-7-24(2,22)23/h3-4,6,8-9H,5,7H2,1-2H3,(H,15,19)(H,16,17)(H,20,21). The number of sulfone groups is 1. The summed E-state index contributed by atoms with van der Waals surface area (Å²) >= 11 is 0. The van der Waals surface area contributed by atoms with Gasteiger partial charge in [-0.15, -0.1) is 0 Å². The van der Waals surface area contributed by atoms with Crippen molar-refractivity contribution < 1.29 is 23.1 Å². The number of H-pyrrole nitrogens is 1. The van der Waals surface area contributed by atoms with Gasteiger partial charge in [0.25, 0.3) is 5.91 Å². The molecule has 2 rings (SSSR count). The molecule has 24 heavy (non-hydrogen) atoms. The van der Waals surface area contributed by atoms with E-state index in [0.717, 1.165) is 11.9 Å². The van der Waals surface area contributed by atoms with Crippen LogP contribution in [-0.4, -0.2) is 58.2 Å². The molecular weight excluding hydrogens is 336 g/mol. The molecular formula is C14H18N4O5S. The summed E-state index contributed by atoms with van der Waals surface area (Å²) in [4.78, 5) is 23.3. The van der Waals surface area contributed by atoms with Gasteiger partial charge in [-0.1, -0.05) is 0 Å². The van der Waals surface area contributed by atoms with Crippen molar-refractivity contribution >= 4 is 21.7 Å². The Labute approximate surface area is 138 Å². The minimum Gasteiger partial charge on any atom is -0.480 e. The number of hydrogen-bond donors (Lipinski definition) is 3. The lowest BCUT2D eigenvalue weighted by molar-refractivity contribution is -0.139. The first-order valence-corrected chi connectivity index (χ1v) is 9.12. The lowest BCUT2D eigenvalue weighted by atomic mass is 10.2. The van der Waals surface area contributed by atoms with E-state index in [-0.39, 0.29) is 17.9 Å². The van der Waals surface area contributed by atoms with Crippen LogP contribution in [0.3, 0.4) is 0 Å². The summed E-state index contributed by atoms with van der Waals surface area (Å²) in [5.74, 6) is -2.29. The summed E-state index contributed by atoms with van der Waals surface area (Å²) in [6.07, 6.45) is 2.63. The number of nitrogens with one attached hydrogen (secondary N) is 2. The zero-order valence-corrected chi connectivity index (χ0v) is 14.0. The molecule has 1 unspecified atom stereocenters. The smallest absolute Gasteiger partial charge is 0.326 e. The van der Waals surface area contributed by atoms with Crippen LogP contribution >= 0.6 is 0 Å². The van der Waals surface area contributed by atoms with Gasteiger partial charge >= 0.3 is 5.97 Å². The zero-order valence-electron chi connectivity index (χ0n) is 13.2. The maximum Gasteiger partial charge on any atom is 0.326 e. The highest BCUT2D eigenvalue weighted by Crippen LogP contribution is 2.17. The van der Waals surface area contributed by atoms with Crippen LogP contribution in [0.1, 0.15) is 16.9 Å². The quantitative estimate of drug-likeness (QED) is 0.642. The lowest BCUT2D eigenvalue weighted by Gasteiger charge is -2.13. The van der Waals surface area contributed by atoms with Gasteiger partial charge in [-0.3, -0.25) is 9.89 Å². The number of rotatable bonds is 7. The van der Waals surface area contributed by atoms with Crippen LogP contribution in [-0.2, 0) is 21.7 Å². The van der Waals surface area contributed by atoms with E-state index in [2.05, 4.69) is 15.5 Å². The van der Waals surface area contributed by atoms with Crippen molar-refractivity contribution in [2.75, 3.05) is 12.0 Å². The second-order valence-electron chi connectivity index (χ2n) is 5.45. The first-order chi connectivity index (χ1) is 11.2. The first kappa shape index (κ1) is 17.7. The number of aromatic nitrogens is 3. The number of carbonyl (C=O) groups excluding carboxylic acids is 1. The fraction of sp³-hybridized carbons (Fsp3) is 0.357. The molecule has 0 saturated heterocycles. The minimum atomic E-state index is -3.32. The Bertz CT molecular complexity index is 852. The molecule has 0 aromatic carbocycles. The third-order valence-electron chi connectivity index (χ3n) is 3.41. The molecule has 130 valence electrons. The molecule has 0 fully saturated rings. The molecule has 1 amide bonds. The Morgan fingerprint density at radius 2 is 2.17 bits per heavy atom. The SMILES string of the molecule is Cn1cccc1-c1cc(C(=O)NC(CCS(C)(=O)=O)C(=O)O)[nH]n1. The highest BCUT2D eigenvalue weighted by Gasteiger charge is 2.23. The number of aryl methyl sites for hydroxylation is 1. The van der Waals surface area contributed by atoms with Gasteiger partial charge in [-0.05, 0) is 24.6 Å². The van der Waals surface area contributed by atoms with E-state index in [1.165, 1.54) is 6.07 Å². The molecule has 9 nitrogen and oxygen atoms in total. The molecule has 0 aliphatic rings. The number of nitrogens with zero attached hydrogens (tertiary/aromatic N) is 2. The van der Waals surface area contributed by atoms with E-state index < -0.39 is 27.8 Å². The van der Waals surface area contributed by atoms with Gasteiger partial charge in [0.2, 0.25) is 0 Å². The maximum atomic E-state index is 12.1. The average molecular weight is 354 g/mol. The van der Waals surface area contributed by atoms with Crippen molar-refractivity contribution in [3.8, 4) is 11.4 Å². The fourth-order valence-corrected chi connectivity index (χ4v) is 2.79. The number of aromatic amines is 1. The van der Waals surface area contributed by atoms with Crippen molar-refractivity contribution in [2.24, 2.45) is 7.05 Å². The molecule has 3 N–H and O–H groups in total. The van der Waals surface area contributed by atoms with E-state index in [1.54, 1.807) is 0 Å². The Kier molecular flexibility index (Phi) is 5.07. The maximum absolute atomic E-state index is 12.1. The van der Waals surface area contributed by atoms with Gasteiger partial charge in [0, 0.05) is 19.5 Å². The molecule has 0 aliphatic heterocycles. The summed E-state index contributed by atoms with van der Waals surface area (Å²) in [6.45, 7) is 0. The van der Waals surface area contributed by atoms with Crippen LogP contribution in [0.15, 0.2) is 24.4 Å². The first-order valence-electron chi connectivity index (χ1n) is 7.06. The molecule has 0 radical (unpaired) electrons. The van der Waals surface area contributed by atoms with Crippen LogP contribution in [0.4, 0.5) is 0 Å². The Balaban J connectivity index is 2.09. The monoisotopic (exact) mass is 354 g/mol. The van der Waals surface area contributed by atoms with Gasteiger partial charge in [-0.25, -0.2) is 13.2 Å². The number of carboxylic acid groups (broad SMARTS) is 1. The van der Waals surface area contributed by atoms with E-state index in [9.17, 15) is 18.0 Å². The van der Waals surface area contributed by atoms with Crippen molar-refractivity contribution in [1.82, 2.24) is 20.1 Å². The van der Waals surface area contributed by atoms with E-state index in [4.69, 9.17) is 5.11 Å². The van der Waals surface area contributed by atoms with Crippen LogP contribution in [0.2, 0.25) is 0 Å². The minimum absolute atomic E-state index is 0.0943. The van der Waals surface area contributed by atoms with Crippen LogP contribution < -0.4 is 5.32 Å². The number of carboxylic acids is 1. The van der Waals surface area contributed by atoms with E-state index in [1.807, 2.05) is 29.9 Å². The molecule has 10 heteroatoms. The van der Waals surface area contributed by atoms with Crippen molar-refractivity contribution in [3.05, 3.63) is 30.1 Å². The predicted octanol–water partition coefficient (Wildman–Crippen LogP) is 0.0329. The molecule has 1 atom stereocenters. The summed E-state index contributed by atoms with van der Waals surface area (Å²) in [6, 6.07) is 3.86. The summed E-state index contributed by atoms with van der Waals surface area (Å²) < 4.78 is 24.1. The fourth-order valence-electron chi connectivity index (χ4n) is 2.12. The number of carbonyl (C=O) groups is 2. The normalized spacial score (nSPS) is 12.8. The average Bonchev–Trinajstić information content (AvgIpc) is 3.10. The summed E-state index contributed by atoms with van der Waals surface area (Å²) in [5.41, 5.74) is 1.42. The Morgan fingerprint density at radius 1 is 1.46 bits per heavy atom. The van der Waals surface area contributed by atoms with Gasteiger partial charge in [0.05, 0.1) is 11.4 Å². The number of hydrogen-bond acceptors (Lipinski definition) is 5. The van der Waals surface area contributed by atoms with Crippen LogP contribution in [0.25, 0.3) is 11.4 Å². The van der Waals surface area contributed by atoms with Gasteiger partial charge < -0.3 is 15.0 Å². The number of amides is 1. The van der Waals surface area contributed by atoms with Crippen LogP contribution in [0.5, 0.6) is 0 Å².